The van der Waals surface area contributed by atoms with Gasteiger partial charge in [-0.3, -0.25) is 0 Å². The maximum Gasteiger partial charge on any atom is 0.383 e. The molecule has 0 fully saturated rings. The van der Waals surface area contributed by atoms with Crippen LogP contribution in [-0.4, -0.2) is 28.3 Å². The average molecular weight is 229 g/mol. The van der Waals surface area contributed by atoms with Crippen LogP contribution >= 0.6 is 0 Å². The van der Waals surface area contributed by atoms with E-state index in [4.69, 9.17) is 10.8 Å². The van der Waals surface area contributed by atoms with Crippen LogP contribution in [0.1, 0.15) is 17.8 Å². The van der Waals surface area contributed by atoms with E-state index in [1.165, 1.54) is 0 Å². The third-order valence-electron chi connectivity index (χ3n) is 1.53. The molecule has 0 saturated carbocycles. The van der Waals surface area contributed by atoms with Gasteiger partial charge in [-0.2, -0.15) is 13.8 Å². The van der Waals surface area contributed by atoms with Crippen molar-refractivity contribution in [3.8, 4) is 0 Å². The van der Waals surface area contributed by atoms with Gasteiger partial charge in [0.1, 0.15) is 0 Å². The van der Waals surface area contributed by atoms with Crippen LogP contribution in [0.2, 0.25) is 0 Å². The second-order valence-corrected chi connectivity index (χ2v) is 2.67. The van der Waals surface area contributed by atoms with Gasteiger partial charge < -0.3 is 15.4 Å². The Labute approximate surface area is 80.9 Å². The summed E-state index contributed by atoms with van der Waals surface area (Å²) in [6, 6.07) is -1.14. The summed E-state index contributed by atoms with van der Waals surface area (Å²) in [4.78, 5) is 2.98. The SMILES string of the molecule is NC(CO)c1noc(C(F)(F)C(F)F)n1. The second kappa shape index (κ2) is 4.11. The number of halogens is 4. The molecule has 0 bridgehead atoms. The van der Waals surface area contributed by atoms with Crippen LogP contribution in [0.15, 0.2) is 4.52 Å². The molecule has 0 aliphatic carbocycles. The average Bonchev–Trinajstić information content (AvgIpc) is 2.65. The van der Waals surface area contributed by atoms with E-state index in [-0.39, 0.29) is 0 Å². The summed E-state index contributed by atoms with van der Waals surface area (Å²) in [7, 11) is 0. The molecule has 15 heavy (non-hydrogen) atoms. The van der Waals surface area contributed by atoms with E-state index in [1.54, 1.807) is 0 Å². The standard InChI is InChI=1S/C6H7F4N3O2/c7-4(8)6(9,10)5-12-3(13-15-5)2(11)1-14/h2,4,14H,1,11H2. The van der Waals surface area contributed by atoms with Gasteiger partial charge in [0.15, 0.2) is 5.82 Å². The minimum Gasteiger partial charge on any atom is -0.394 e. The van der Waals surface area contributed by atoms with Crippen molar-refractivity contribution in [2.45, 2.75) is 18.4 Å². The summed E-state index contributed by atoms with van der Waals surface area (Å²) in [5, 5.41) is 11.5. The number of aliphatic hydroxyl groups is 1. The Hall–Kier alpha value is -1.22. The van der Waals surface area contributed by atoms with Gasteiger partial charge in [0.2, 0.25) is 0 Å². The number of aliphatic hydroxyl groups excluding tert-OH is 1. The van der Waals surface area contributed by atoms with E-state index >= 15 is 0 Å². The van der Waals surface area contributed by atoms with E-state index in [0.29, 0.717) is 0 Å². The Morgan fingerprint density at radius 2 is 2.07 bits per heavy atom. The highest BCUT2D eigenvalue weighted by Crippen LogP contribution is 2.33. The third kappa shape index (κ3) is 2.23. The normalized spacial score (nSPS) is 14.6. The first kappa shape index (κ1) is 11.9. The Balaban J connectivity index is 2.93. The zero-order valence-electron chi connectivity index (χ0n) is 7.20. The van der Waals surface area contributed by atoms with Crippen LogP contribution in [-0.2, 0) is 5.92 Å². The van der Waals surface area contributed by atoms with Gasteiger partial charge in [0.05, 0.1) is 12.6 Å². The van der Waals surface area contributed by atoms with E-state index in [0.717, 1.165) is 0 Å². The van der Waals surface area contributed by atoms with Crippen molar-refractivity contribution in [1.82, 2.24) is 10.1 Å². The summed E-state index contributed by atoms with van der Waals surface area (Å²) in [5.41, 5.74) is 5.16. The Bertz CT molecular complexity index is 330. The van der Waals surface area contributed by atoms with Crippen LogP contribution in [0, 0.1) is 0 Å². The molecule has 0 aliphatic rings. The molecule has 9 heteroatoms. The van der Waals surface area contributed by atoms with E-state index in [2.05, 4.69) is 14.7 Å². The van der Waals surface area contributed by atoms with Crippen molar-refractivity contribution < 1.29 is 27.2 Å². The number of nitrogens with two attached hydrogens (primary N) is 1. The van der Waals surface area contributed by atoms with Crippen molar-refractivity contribution in [2.24, 2.45) is 5.73 Å². The van der Waals surface area contributed by atoms with Crippen LogP contribution in [0.4, 0.5) is 17.6 Å². The number of hydrogen-bond donors (Lipinski definition) is 2. The molecule has 1 heterocycles. The van der Waals surface area contributed by atoms with E-state index in [1.807, 2.05) is 0 Å². The van der Waals surface area contributed by atoms with Crippen LogP contribution in [0.5, 0.6) is 0 Å². The fourth-order valence-corrected chi connectivity index (χ4v) is 0.696. The molecule has 1 rings (SSSR count). The molecule has 3 N–H and O–H groups in total. The molecule has 1 aromatic heterocycles. The topological polar surface area (TPSA) is 85.2 Å². The molecule has 0 aliphatic heterocycles. The molecular formula is C6H7F4N3O2. The number of nitrogens with zero attached hydrogens (tertiary/aromatic N) is 2. The minimum atomic E-state index is -4.51. The summed E-state index contributed by atoms with van der Waals surface area (Å²) in [6.07, 6.45) is -3.95. The highest BCUT2D eigenvalue weighted by Gasteiger charge is 2.48. The molecule has 0 amide bonds. The smallest absolute Gasteiger partial charge is 0.383 e. The minimum absolute atomic E-state index is 0.451. The van der Waals surface area contributed by atoms with Crippen molar-refractivity contribution in [3.05, 3.63) is 11.7 Å². The lowest BCUT2D eigenvalue weighted by Gasteiger charge is -2.08. The van der Waals surface area contributed by atoms with Crippen LogP contribution < -0.4 is 5.73 Å². The predicted octanol–water partition coefficient (Wildman–Crippen LogP) is 0.419. The summed E-state index contributed by atoms with van der Waals surface area (Å²) >= 11 is 0. The van der Waals surface area contributed by atoms with Crippen molar-refractivity contribution in [3.63, 3.8) is 0 Å². The molecule has 86 valence electrons. The second-order valence-electron chi connectivity index (χ2n) is 2.67. The first-order valence-corrected chi connectivity index (χ1v) is 3.76. The first-order chi connectivity index (χ1) is 6.89. The first-order valence-electron chi connectivity index (χ1n) is 3.76. The third-order valence-corrected chi connectivity index (χ3v) is 1.53. The summed E-state index contributed by atoms with van der Waals surface area (Å²) in [5.74, 6) is -6.48. The number of rotatable bonds is 4. The van der Waals surface area contributed by atoms with Gasteiger partial charge in [-0.05, 0) is 0 Å². The lowest BCUT2D eigenvalue weighted by Crippen LogP contribution is -2.24. The fraction of sp³-hybridized carbons (Fsp3) is 0.667. The molecule has 1 atom stereocenters. The van der Waals surface area contributed by atoms with Gasteiger partial charge in [-0.1, -0.05) is 5.16 Å². The quantitative estimate of drug-likeness (QED) is 0.731. The van der Waals surface area contributed by atoms with Gasteiger partial charge in [0.25, 0.3) is 0 Å². The summed E-state index contributed by atoms with van der Waals surface area (Å²) in [6.45, 7) is -0.612. The lowest BCUT2D eigenvalue weighted by atomic mass is 10.3. The highest BCUT2D eigenvalue weighted by molar-refractivity contribution is 4.98. The highest BCUT2D eigenvalue weighted by atomic mass is 19.3. The zero-order chi connectivity index (χ0) is 11.6. The predicted molar refractivity (Wildman–Crippen MR) is 38.2 cm³/mol. The van der Waals surface area contributed by atoms with Crippen molar-refractivity contribution in [1.29, 1.82) is 0 Å². The van der Waals surface area contributed by atoms with Crippen LogP contribution in [0.3, 0.4) is 0 Å². The van der Waals surface area contributed by atoms with E-state index < -0.39 is 36.7 Å². The molecule has 1 unspecified atom stereocenters. The van der Waals surface area contributed by atoms with Crippen molar-refractivity contribution in [2.75, 3.05) is 6.61 Å². The molecule has 0 spiro atoms. The molecule has 0 radical (unpaired) electrons. The maximum absolute atomic E-state index is 12.6. The van der Waals surface area contributed by atoms with Crippen LogP contribution in [0.25, 0.3) is 0 Å². The fourth-order valence-electron chi connectivity index (χ4n) is 0.696. The largest absolute Gasteiger partial charge is 0.394 e. The van der Waals surface area contributed by atoms with Gasteiger partial charge in [-0.15, -0.1) is 0 Å². The number of hydrogen-bond acceptors (Lipinski definition) is 5. The Morgan fingerprint density at radius 3 is 2.53 bits per heavy atom. The summed E-state index contributed by atoms with van der Waals surface area (Å²) < 4.78 is 52.8. The van der Waals surface area contributed by atoms with Gasteiger partial charge in [-0.25, -0.2) is 8.78 Å². The Morgan fingerprint density at radius 1 is 1.47 bits per heavy atom. The molecular weight excluding hydrogens is 222 g/mol. The van der Waals surface area contributed by atoms with E-state index in [9.17, 15) is 17.6 Å². The van der Waals surface area contributed by atoms with Gasteiger partial charge in [0, 0.05) is 0 Å². The zero-order valence-corrected chi connectivity index (χ0v) is 7.20. The molecule has 5 nitrogen and oxygen atoms in total. The maximum atomic E-state index is 12.6. The van der Waals surface area contributed by atoms with Gasteiger partial charge >= 0.3 is 18.2 Å². The Kier molecular flexibility index (Phi) is 3.25. The number of alkyl halides is 4. The molecule has 1 aromatic rings. The van der Waals surface area contributed by atoms with Crippen molar-refractivity contribution >= 4 is 0 Å². The lowest BCUT2D eigenvalue weighted by molar-refractivity contribution is -0.152. The molecule has 0 saturated heterocycles. The monoisotopic (exact) mass is 229 g/mol. The molecule has 0 aromatic carbocycles. The number of aromatic nitrogens is 2.